The van der Waals surface area contributed by atoms with Gasteiger partial charge in [-0.2, -0.15) is 0 Å². The second-order valence-corrected chi connectivity index (χ2v) is 6.29. The average molecular weight is 341 g/mol. The Labute approximate surface area is 125 Å². The summed E-state index contributed by atoms with van der Waals surface area (Å²) in [5, 5.41) is 11.9. The number of carbonyl (C=O) groups excluding carboxylic acids is 1. The van der Waals surface area contributed by atoms with Gasteiger partial charge in [-0.1, -0.05) is 6.92 Å². The summed E-state index contributed by atoms with van der Waals surface area (Å²) in [5.74, 6) is -1.51. The van der Waals surface area contributed by atoms with Gasteiger partial charge in [0, 0.05) is 10.7 Å². The highest BCUT2D eigenvalue weighted by atomic mass is 79.9. The molecule has 0 saturated heterocycles. The zero-order chi connectivity index (χ0) is 14.9. The van der Waals surface area contributed by atoms with Crippen LogP contribution in [0.4, 0.5) is 5.82 Å². The number of carboxylic acid groups (broad SMARTS) is 1. The summed E-state index contributed by atoms with van der Waals surface area (Å²) in [7, 11) is 0. The van der Waals surface area contributed by atoms with Gasteiger partial charge in [-0.3, -0.25) is 9.59 Å². The Morgan fingerprint density at radius 2 is 2.05 bits per heavy atom. The number of aliphatic carboxylic acids is 1. The number of aryl methyl sites for hydroxylation is 1. The van der Waals surface area contributed by atoms with Crippen LogP contribution in [0.15, 0.2) is 16.7 Å². The maximum atomic E-state index is 12.2. The molecule has 0 aliphatic heterocycles. The van der Waals surface area contributed by atoms with Crippen LogP contribution in [0.5, 0.6) is 0 Å². The zero-order valence-corrected chi connectivity index (χ0v) is 13.0. The Morgan fingerprint density at radius 3 is 2.65 bits per heavy atom. The van der Waals surface area contributed by atoms with Crippen molar-refractivity contribution in [3.63, 3.8) is 0 Å². The molecule has 1 aromatic heterocycles. The van der Waals surface area contributed by atoms with Crippen molar-refractivity contribution in [2.75, 3.05) is 5.32 Å². The lowest BCUT2D eigenvalue weighted by Gasteiger charge is -2.15. The molecule has 2 rings (SSSR count). The molecule has 0 aromatic carbocycles. The second-order valence-electron chi connectivity index (χ2n) is 5.44. The molecule has 1 aliphatic carbocycles. The molecule has 5 nitrogen and oxygen atoms in total. The van der Waals surface area contributed by atoms with E-state index in [-0.39, 0.29) is 11.8 Å². The molecule has 2 N–H and O–H groups in total. The van der Waals surface area contributed by atoms with Gasteiger partial charge in [0.2, 0.25) is 5.91 Å². The molecule has 1 aromatic rings. The van der Waals surface area contributed by atoms with Crippen LogP contribution in [0, 0.1) is 24.7 Å². The summed E-state index contributed by atoms with van der Waals surface area (Å²) < 4.78 is 0.869. The standard InChI is InChI=1S/C14H17BrN2O3/c1-7-3-9(10(4-7)14(19)20)13(18)17-12-5-8(2)11(15)6-16-12/h5-7,9-10H,3-4H2,1-2H3,(H,19,20)(H,16,17,18). The number of carbonyl (C=O) groups is 2. The monoisotopic (exact) mass is 340 g/mol. The topological polar surface area (TPSA) is 79.3 Å². The van der Waals surface area contributed by atoms with Crippen LogP contribution in [0.3, 0.4) is 0 Å². The van der Waals surface area contributed by atoms with Crippen molar-refractivity contribution in [2.45, 2.75) is 26.7 Å². The first-order valence-electron chi connectivity index (χ1n) is 6.54. The number of nitrogens with zero attached hydrogens (tertiary/aromatic N) is 1. The van der Waals surface area contributed by atoms with E-state index in [1.54, 1.807) is 12.3 Å². The fourth-order valence-corrected chi connectivity index (χ4v) is 2.90. The molecule has 20 heavy (non-hydrogen) atoms. The van der Waals surface area contributed by atoms with Gasteiger partial charge < -0.3 is 10.4 Å². The van der Waals surface area contributed by atoms with Gasteiger partial charge in [0.1, 0.15) is 5.82 Å². The Balaban J connectivity index is 2.11. The smallest absolute Gasteiger partial charge is 0.307 e. The maximum Gasteiger partial charge on any atom is 0.307 e. The SMILES string of the molecule is Cc1cc(NC(=O)C2CC(C)CC2C(=O)O)ncc1Br. The third kappa shape index (κ3) is 3.17. The van der Waals surface area contributed by atoms with Gasteiger partial charge in [0.15, 0.2) is 0 Å². The normalized spacial score (nSPS) is 25.4. The predicted molar refractivity (Wildman–Crippen MR) is 78.3 cm³/mol. The molecule has 1 saturated carbocycles. The van der Waals surface area contributed by atoms with E-state index < -0.39 is 17.8 Å². The number of rotatable bonds is 3. The Bertz CT molecular complexity index is 547. The number of hydrogen-bond acceptors (Lipinski definition) is 3. The molecular weight excluding hydrogens is 324 g/mol. The molecular formula is C14H17BrN2O3. The number of pyridine rings is 1. The number of hydrogen-bond donors (Lipinski definition) is 2. The molecule has 3 unspecified atom stereocenters. The number of amides is 1. The van der Waals surface area contributed by atoms with Gasteiger partial charge in [-0.05, 0) is 53.2 Å². The van der Waals surface area contributed by atoms with E-state index in [2.05, 4.69) is 26.2 Å². The fourth-order valence-electron chi connectivity index (χ4n) is 2.68. The zero-order valence-electron chi connectivity index (χ0n) is 11.4. The predicted octanol–water partition coefficient (Wildman–Crippen LogP) is 2.84. The largest absolute Gasteiger partial charge is 0.481 e. The van der Waals surface area contributed by atoms with Crippen molar-refractivity contribution < 1.29 is 14.7 Å². The lowest BCUT2D eigenvalue weighted by atomic mass is 9.95. The lowest BCUT2D eigenvalue weighted by Crippen LogP contribution is -2.30. The molecule has 0 spiro atoms. The first kappa shape index (κ1) is 15.0. The van der Waals surface area contributed by atoms with Crippen molar-refractivity contribution >= 4 is 33.6 Å². The Morgan fingerprint density at radius 1 is 1.40 bits per heavy atom. The molecule has 108 valence electrons. The first-order chi connectivity index (χ1) is 9.38. The van der Waals surface area contributed by atoms with Crippen LogP contribution >= 0.6 is 15.9 Å². The summed E-state index contributed by atoms with van der Waals surface area (Å²) in [5.41, 5.74) is 0.963. The van der Waals surface area contributed by atoms with Gasteiger partial charge in [-0.25, -0.2) is 4.98 Å². The number of anilines is 1. The first-order valence-corrected chi connectivity index (χ1v) is 7.33. The van der Waals surface area contributed by atoms with Gasteiger partial charge in [0.25, 0.3) is 0 Å². The molecule has 1 heterocycles. The van der Waals surface area contributed by atoms with Crippen LogP contribution in [-0.2, 0) is 9.59 Å². The molecule has 1 amide bonds. The third-order valence-corrected chi connectivity index (χ3v) is 4.58. The molecule has 0 radical (unpaired) electrons. The van der Waals surface area contributed by atoms with Crippen LogP contribution in [0.25, 0.3) is 0 Å². The van der Waals surface area contributed by atoms with Crippen molar-refractivity contribution in [1.82, 2.24) is 4.98 Å². The van der Waals surface area contributed by atoms with E-state index in [0.717, 1.165) is 10.0 Å². The molecule has 1 fully saturated rings. The van der Waals surface area contributed by atoms with Crippen LogP contribution in [0.1, 0.15) is 25.3 Å². The van der Waals surface area contributed by atoms with E-state index in [1.165, 1.54) is 0 Å². The van der Waals surface area contributed by atoms with Gasteiger partial charge in [0.05, 0.1) is 11.8 Å². The highest BCUT2D eigenvalue weighted by molar-refractivity contribution is 9.10. The minimum atomic E-state index is -0.894. The van der Waals surface area contributed by atoms with E-state index >= 15 is 0 Å². The summed E-state index contributed by atoms with van der Waals surface area (Å²) in [4.78, 5) is 27.6. The van der Waals surface area contributed by atoms with Crippen LogP contribution < -0.4 is 5.32 Å². The van der Waals surface area contributed by atoms with Crippen LogP contribution in [0.2, 0.25) is 0 Å². The van der Waals surface area contributed by atoms with Crippen molar-refractivity contribution in [1.29, 1.82) is 0 Å². The van der Waals surface area contributed by atoms with E-state index in [1.807, 2.05) is 13.8 Å². The fraction of sp³-hybridized carbons (Fsp3) is 0.500. The number of halogens is 1. The molecule has 3 atom stereocenters. The lowest BCUT2D eigenvalue weighted by molar-refractivity contribution is -0.145. The number of carboxylic acids is 1. The highest BCUT2D eigenvalue weighted by Crippen LogP contribution is 2.37. The summed E-state index contributed by atoms with van der Waals surface area (Å²) >= 11 is 3.35. The highest BCUT2D eigenvalue weighted by Gasteiger charge is 2.41. The van der Waals surface area contributed by atoms with Crippen molar-refractivity contribution in [3.8, 4) is 0 Å². The Hall–Kier alpha value is -1.43. The van der Waals surface area contributed by atoms with Crippen molar-refractivity contribution in [2.24, 2.45) is 17.8 Å². The summed E-state index contributed by atoms with van der Waals surface area (Å²) in [6.07, 6.45) is 2.79. The van der Waals surface area contributed by atoms with Gasteiger partial charge >= 0.3 is 5.97 Å². The minimum absolute atomic E-state index is 0.254. The second kappa shape index (κ2) is 5.91. The Kier molecular flexibility index (Phi) is 4.42. The third-order valence-electron chi connectivity index (χ3n) is 3.75. The molecule has 0 bridgehead atoms. The summed E-state index contributed by atoms with van der Waals surface area (Å²) in [6, 6.07) is 1.76. The number of nitrogens with one attached hydrogen (secondary N) is 1. The maximum absolute atomic E-state index is 12.2. The van der Waals surface area contributed by atoms with E-state index in [0.29, 0.717) is 18.7 Å². The van der Waals surface area contributed by atoms with Crippen LogP contribution in [-0.4, -0.2) is 22.0 Å². The summed E-state index contributed by atoms with van der Waals surface area (Å²) in [6.45, 7) is 3.88. The molecule has 6 heteroatoms. The molecule has 1 aliphatic rings. The minimum Gasteiger partial charge on any atom is -0.481 e. The quantitative estimate of drug-likeness (QED) is 0.886. The van der Waals surface area contributed by atoms with Gasteiger partial charge in [-0.15, -0.1) is 0 Å². The van der Waals surface area contributed by atoms with E-state index in [4.69, 9.17) is 0 Å². The van der Waals surface area contributed by atoms with Crippen molar-refractivity contribution in [3.05, 3.63) is 22.3 Å². The number of aromatic nitrogens is 1. The van der Waals surface area contributed by atoms with E-state index in [9.17, 15) is 14.7 Å². The average Bonchev–Trinajstić information content (AvgIpc) is 2.76.